The van der Waals surface area contributed by atoms with E-state index < -0.39 is 4.92 Å². The summed E-state index contributed by atoms with van der Waals surface area (Å²) in [6.07, 6.45) is 7.26. The van der Waals surface area contributed by atoms with Gasteiger partial charge in [0.2, 0.25) is 0 Å². The van der Waals surface area contributed by atoms with Crippen LogP contribution >= 0.6 is 0 Å². The van der Waals surface area contributed by atoms with Crippen molar-refractivity contribution in [1.29, 1.82) is 0 Å². The second-order valence-corrected chi connectivity index (χ2v) is 5.74. The number of nitrogens with zero attached hydrogens (tertiary/aromatic N) is 2. The van der Waals surface area contributed by atoms with E-state index in [0.717, 1.165) is 12.8 Å². The first-order chi connectivity index (χ1) is 11.5. The molecule has 2 amide bonds. The van der Waals surface area contributed by atoms with E-state index in [0.29, 0.717) is 18.7 Å². The fourth-order valence-corrected chi connectivity index (χ4v) is 2.63. The first kappa shape index (κ1) is 17.8. The second-order valence-electron chi connectivity index (χ2n) is 5.74. The number of hydrogen-bond acceptors (Lipinski definition) is 4. The highest BCUT2D eigenvalue weighted by Crippen LogP contribution is 2.19. The number of nitrogens with one attached hydrogen (secondary N) is 1. The van der Waals surface area contributed by atoms with Crippen molar-refractivity contribution in [3.8, 4) is 12.3 Å². The Labute approximate surface area is 141 Å². The van der Waals surface area contributed by atoms with Gasteiger partial charge in [0.15, 0.2) is 0 Å². The number of nitro benzene ring substituents is 1. The average Bonchev–Trinajstić information content (AvgIpc) is 3.07. The van der Waals surface area contributed by atoms with Crippen LogP contribution < -0.4 is 5.32 Å². The number of non-ortho nitro benzene ring substituents is 1. The highest BCUT2D eigenvalue weighted by atomic mass is 16.6. The summed E-state index contributed by atoms with van der Waals surface area (Å²) in [5.41, 5.74) is 0.656. The molecule has 1 aliphatic rings. The Bertz CT molecular complexity index is 635. The standard InChI is InChI=1S/C17H21N3O4/c1-3-9-19(12-16-8-5-10-24-16)17(21)18-13(2)14-6-4-7-15(11-14)20(22)23/h1,4,6-7,11,13,16H,5,8-10,12H2,2H3,(H,18,21)/t13-,16+/m1/s1. The maximum absolute atomic E-state index is 12.5. The van der Waals surface area contributed by atoms with Crippen LogP contribution in [0.1, 0.15) is 31.4 Å². The highest BCUT2D eigenvalue weighted by molar-refractivity contribution is 5.75. The minimum atomic E-state index is -0.458. The molecule has 0 saturated carbocycles. The normalized spacial score (nSPS) is 17.8. The van der Waals surface area contributed by atoms with Gasteiger partial charge in [0.05, 0.1) is 23.6 Å². The van der Waals surface area contributed by atoms with Crippen molar-refractivity contribution < 1.29 is 14.5 Å². The lowest BCUT2D eigenvalue weighted by molar-refractivity contribution is -0.384. The molecule has 128 valence electrons. The number of rotatable bonds is 6. The molecule has 2 rings (SSSR count). The number of carbonyl (C=O) groups is 1. The first-order valence-electron chi connectivity index (χ1n) is 7.86. The molecule has 1 saturated heterocycles. The molecule has 1 aromatic rings. The Morgan fingerprint density at radius 3 is 3.04 bits per heavy atom. The Hall–Kier alpha value is -2.59. The summed E-state index contributed by atoms with van der Waals surface area (Å²) in [6, 6.07) is 5.53. The van der Waals surface area contributed by atoms with Gasteiger partial charge in [0.25, 0.3) is 5.69 Å². The Morgan fingerprint density at radius 1 is 1.62 bits per heavy atom. The van der Waals surface area contributed by atoms with Crippen molar-refractivity contribution in [2.75, 3.05) is 19.7 Å². The van der Waals surface area contributed by atoms with E-state index in [4.69, 9.17) is 11.2 Å². The van der Waals surface area contributed by atoms with Crippen molar-refractivity contribution in [2.24, 2.45) is 0 Å². The number of amides is 2. The van der Waals surface area contributed by atoms with Gasteiger partial charge in [-0.05, 0) is 25.3 Å². The van der Waals surface area contributed by atoms with Crippen LogP contribution in [0.15, 0.2) is 24.3 Å². The van der Waals surface area contributed by atoms with Gasteiger partial charge >= 0.3 is 6.03 Å². The zero-order valence-corrected chi connectivity index (χ0v) is 13.6. The highest BCUT2D eigenvalue weighted by Gasteiger charge is 2.23. The number of ether oxygens (including phenoxy) is 1. The van der Waals surface area contributed by atoms with Crippen molar-refractivity contribution >= 4 is 11.7 Å². The van der Waals surface area contributed by atoms with Gasteiger partial charge in [0.1, 0.15) is 0 Å². The molecule has 1 aliphatic heterocycles. The third-order valence-corrected chi connectivity index (χ3v) is 3.94. The van der Waals surface area contributed by atoms with Crippen molar-refractivity contribution in [3.63, 3.8) is 0 Å². The van der Waals surface area contributed by atoms with Gasteiger partial charge in [-0.1, -0.05) is 18.1 Å². The third kappa shape index (κ3) is 4.70. The van der Waals surface area contributed by atoms with Gasteiger partial charge in [-0.15, -0.1) is 6.42 Å². The van der Waals surface area contributed by atoms with E-state index in [-0.39, 0.29) is 30.4 Å². The van der Waals surface area contributed by atoms with Crippen LogP contribution in [0.4, 0.5) is 10.5 Å². The van der Waals surface area contributed by atoms with Gasteiger partial charge in [-0.3, -0.25) is 10.1 Å². The Balaban J connectivity index is 2.01. The molecule has 2 atom stereocenters. The molecule has 0 aromatic heterocycles. The fraction of sp³-hybridized carbons (Fsp3) is 0.471. The quantitative estimate of drug-likeness (QED) is 0.493. The molecule has 7 heteroatoms. The number of terminal acetylenes is 1. The molecule has 7 nitrogen and oxygen atoms in total. The second kappa shape index (κ2) is 8.31. The van der Waals surface area contributed by atoms with E-state index in [1.807, 2.05) is 0 Å². The predicted molar refractivity (Wildman–Crippen MR) is 89.4 cm³/mol. The van der Waals surface area contributed by atoms with Crippen LogP contribution in [0.5, 0.6) is 0 Å². The van der Waals surface area contributed by atoms with E-state index in [1.54, 1.807) is 19.1 Å². The Kier molecular flexibility index (Phi) is 6.15. The number of nitro groups is 1. The largest absolute Gasteiger partial charge is 0.376 e. The molecule has 0 spiro atoms. The maximum Gasteiger partial charge on any atom is 0.318 e. The molecule has 0 unspecified atom stereocenters. The van der Waals surface area contributed by atoms with E-state index >= 15 is 0 Å². The predicted octanol–water partition coefficient (Wildman–Crippen LogP) is 2.48. The molecule has 1 aromatic carbocycles. The molecule has 0 aliphatic carbocycles. The van der Waals surface area contributed by atoms with Crippen LogP contribution in [-0.4, -0.2) is 41.7 Å². The minimum absolute atomic E-state index is 0.00608. The number of hydrogen-bond donors (Lipinski definition) is 1. The first-order valence-corrected chi connectivity index (χ1v) is 7.86. The SMILES string of the molecule is C#CCN(C[C@@H]1CCCO1)C(=O)N[C@H](C)c1cccc([N+](=O)[O-])c1. The summed E-state index contributed by atoms with van der Waals surface area (Å²) < 4.78 is 5.55. The minimum Gasteiger partial charge on any atom is -0.376 e. The van der Waals surface area contributed by atoms with Crippen LogP contribution in [0, 0.1) is 22.5 Å². The summed E-state index contributed by atoms with van der Waals surface area (Å²) in [5, 5.41) is 13.7. The van der Waals surface area contributed by atoms with E-state index in [9.17, 15) is 14.9 Å². The number of urea groups is 1. The lowest BCUT2D eigenvalue weighted by Crippen LogP contribution is -2.44. The van der Waals surface area contributed by atoms with Crippen LogP contribution in [0.2, 0.25) is 0 Å². The van der Waals surface area contributed by atoms with Gasteiger partial charge < -0.3 is 15.0 Å². The smallest absolute Gasteiger partial charge is 0.318 e. The monoisotopic (exact) mass is 331 g/mol. The summed E-state index contributed by atoms with van der Waals surface area (Å²) >= 11 is 0. The van der Waals surface area contributed by atoms with E-state index in [2.05, 4.69) is 11.2 Å². The molecular weight excluding hydrogens is 310 g/mol. The van der Waals surface area contributed by atoms with E-state index in [1.165, 1.54) is 17.0 Å². The molecule has 0 radical (unpaired) electrons. The number of benzene rings is 1. The van der Waals surface area contributed by atoms with Crippen molar-refractivity contribution in [2.45, 2.75) is 31.9 Å². The molecule has 1 N–H and O–H groups in total. The van der Waals surface area contributed by atoms with Gasteiger partial charge in [-0.2, -0.15) is 0 Å². The van der Waals surface area contributed by atoms with Gasteiger partial charge in [0, 0.05) is 25.3 Å². The molecule has 24 heavy (non-hydrogen) atoms. The molecule has 1 fully saturated rings. The molecule has 0 bridgehead atoms. The van der Waals surface area contributed by atoms with Crippen LogP contribution in [-0.2, 0) is 4.74 Å². The van der Waals surface area contributed by atoms with Crippen LogP contribution in [0.3, 0.4) is 0 Å². The third-order valence-electron chi connectivity index (χ3n) is 3.94. The fourth-order valence-electron chi connectivity index (χ4n) is 2.63. The molecule has 1 heterocycles. The zero-order valence-electron chi connectivity index (χ0n) is 13.6. The molecular formula is C17H21N3O4. The lowest BCUT2D eigenvalue weighted by Gasteiger charge is -2.25. The van der Waals surface area contributed by atoms with Crippen molar-refractivity contribution in [1.82, 2.24) is 10.2 Å². The zero-order chi connectivity index (χ0) is 17.5. The van der Waals surface area contributed by atoms with Crippen molar-refractivity contribution in [3.05, 3.63) is 39.9 Å². The lowest BCUT2D eigenvalue weighted by atomic mass is 10.1. The van der Waals surface area contributed by atoms with Gasteiger partial charge in [-0.25, -0.2) is 4.79 Å². The van der Waals surface area contributed by atoms with Crippen LogP contribution in [0.25, 0.3) is 0 Å². The summed E-state index contributed by atoms with van der Waals surface area (Å²) in [7, 11) is 0. The summed E-state index contributed by atoms with van der Waals surface area (Å²) in [4.78, 5) is 24.4. The summed E-state index contributed by atoms with van der Waals surface area (Å²) in [6.45, 7) is 3.11. The number of carbonyl (C=O) groups excluding carboxylic acids is 1. The maximum atomic E-state index is 12.5. The topological polar surface area (TPSA) is 84.7 Å². The average molecular weight is 331 g/mol. The summed E-state index contributed by atoms with van der Waals surface area (Å²) in [5.74, 6) is 2.48. The Morgan fingerprint density at radius 2 is 2.42 bits per heavy atom.